The summed E-state index contributed by atoms with van der Waals surface area (Å²) in [5.74, 6) is 0.131. The Hall–Kier alpha value is -2.37. The number of ether oxygens (including phenoxy) is 2. The summed E-state index contributed by atoms with van der Waals surface area (Å²) in [6, 6.07) is 0. The van der Waals surface area contributed by atoms with Gasteiger partial charge >= 0.3 is 11.9 Å². The summed E-state index contributed by atoms with van der Waals surface area (Å²) in [7, 11) is 0. The van der Waals surface area contributed by atoms with Crippen molar-refractivity contribution in [3.63, 3.8) is 0 Å². The molecule has 0 saturated heterocycles. The van der Waals surface area contributed by atoms with Gasteiger partial charge in [0.05, 0.1) is 24.3 Å². The Balaban J connectivity index is 1.27. The lowest BCUT2D eigenvalue weighted by Crippen LogP contribution is -2.17. The number of rotatable bonds is 14. The molecule has 43 heavy (non-hydrogen) atoms. The van der Waals surface area contributed by atoms with Crippen molar-refractivity contribution >= 4 is 68.2 Å². The van der Waals surface area contributed by atoms with Crippen molar-refractivity contribution in [3.8, 4) is 0 Å². The quantitative estimate of drug-likeness (QED) is 0.123. The number of carbonyl (C=O) groups excluding carboxylic acids is 4. The number of nitrogens with one attached hydrogen (secondary N) is 2. The van der Waals surface area contributed by atoms with Gasteiger partial charge in [-0.1, -0.05) is 26.7 Å². The molecule has 2 N–H and O–H groups in total. The first-order valence-corrected chi connectivity index (χ1v) is 18.5. The van der Waals surface area contributed by atoms with Gasteiger partial charge in [-0.25, -0.2) is 9.59 Å². The van der Waals surface area contributed by atoms with Crippen molar-refractivity contribution in [3.05, 3.63) is 32.0 Å². The van der Waals surface area contributed by atoms with Gasteiger partial charge in [0.15, 0.2) is 0 Å². The van der Waals surface area contributed by atoms with E-state index in [4.69, 9.17) is 9.47 Å². The molecule has 2 heterocycles. The number of aryl methyl sites for hydroxylation is 2. The van der Waals surface area contributed by atoms with Gasteiger partial charge in [0.25, 0.3) is 0 Å². The van der Waals surface area contributed by atoms with E-state index >= 15 is 0 Å². The van der Waals surface area contributed by atoms with E-state index in [0.717, 1.165) is 88.2 Å². The SMILES string of the molecule is CCCOC(=O)c1c(NC(=O)CCSCCC(=O)Nc2sc3c(c2C(=O)OCCC)CCCCC3)sc2c1CCCCC2. The van der Waals surface area contributed by atoms with Crippen LogP contribution in [0.5, 0.6) is 0 Å². The zero-order valence-corrected chi connectivity index (χ0v) is 27.9. The molecular formula is C32H44N2O6S3. The second-order valence-corrected chi connectivity index (χ2v) is 14.5. The van der Waals surface area contributed by atoms with E-state index in [2.05, 4.69) is 10.6 Å². The second-order valence-electron chi connectivity index (χ2n) is 11.0. The maximum Gasteiger partial charge on any atom is 0.341 e. The number of carbonyl (C=O) groups is 4. The third kappa shape index (κ3) is 9.31. The second kappa shape index (κ2) is 17.2. The van der Waals surface area contributed by atoms with E-state index in [0.29, 0.717) is 45.8 Å². The third-order valence-corrected chi connectivity index (χ3v) is 11.0. The number of hydrogen-bond donors (Lipinski definition) is 2. The van der Waals surface area contributed by atoms with Crippen molar-refractivity contribution < 1.29 is 28.7 Å². The lowest BCUT2D eigenvalue weighted by Gasteiger charge is -2.10. The summed E-state index contributed by atoms with van der Waals surface area (Å²) >= 11 is 4.55. The molecule has 0 aliphatic heterocycles. The van der Waals surface area contributed by atoms with E-state index in [-0.39, 0.29) is 36.6 Å². The van der Waals surface area contributed by atoms with E-state index in [1.165, 1.54) is 44.2 Å². The highest BCUT2D eigenvalue weighted by Crippen LogP contribution is 2.39. The van der Waals surface area contributed by atoms with Crippen LogP contribution in [0.4, 0.5) is 10.0 Å². The summed E-state index contributed by atoms with van der Waals surface area (Å²) < 4.78 is 10.9. The molecule has 0 atom stereocenters. The fourth-order valence-electron chi connectivity index (χ4n) is 5.44. The Morgan fingerprint density at radius 2 is 1.07 bits per heavy atom. The Morgan fingerprint density at radius 3 is 1.49 bits per heavy atom. The minimum atomic E-state index is -0.346. The lowest BCUT2D eigenvalue weighted by atomic mass is 10.1. The summed E-state index contributed by atoms with van der Waals surface area (Å²) in [5, 5.41) is 7.17. The van der Waals surface area contributed by atoms with Gasteiger partial charge in [0.1, 0.15) is 10.0 Å². The molecule has 8 nitrogen and oxygen atoms in total. The first-order valence-electron chi connectivity index (χ1n) is 15.7. The van der Waals surface area contributed by atoms with Crippen LogP contribution in [0.3, 0.4) is 0 Å². The van der Waals surface area contributed by atoms with Gasteiger partial charge in [-0.2, -0.15) is 11.8 Å². The number of amides is 2. The van der Waals surface area contributed by atoms with Crippen molar-refractivity contribution in [1.29, 1.82) is 0 Å². The number of thioether (sulfide) groups is 1. The predicted octanol–water partition coefficient (Wildman–Crippen LogP) is 7.57. The molecule has 0 bridgehead atoms. The van der Waals surface area contributed by atoms with Crippen molar-refractivity contribution in [2.45, 2.75) is 104 Å². The molecule has 0 radical (unpaired) electrons. The van der Waals surface area contributed by atoms with Crippen LogP contribution in [0, 0.1) is 0 Å². The first-order chi connectivity index (χ1) is 20.9. The normalized spacial score (nSPS) is 14.6. The molecule has 236 valence electrons. The van der Waals surface area contributed by atoms with Crippen molar-refractivity contribution in [2.24, 2.45) is 0 Å². The summed E-state index contributed by atoms with van der Waals surface area (Å²) in [5.41, 5.74) is 3.17. The molecule has 0 saturated carbocycles. The van der Waals surface area contributed by atoms with Crippen LogP contribution in [0.2, 0.25) is 0 Å². The fourth-order valence-corrected chi connectivity index (χ4v) is 8.89. The van der Waals surface area contributed by atoms with Crippen LogP contribution in [0.15, 0.2) is 0 Å². The van der Waals surface area contributed by atoms with E-state index < -0.39 is 0 Å². The van der Waals surface area contributed by atoms with Crippen LogP contribution in [-0.2, 0) is 44.7 Å². The van der Waals surface area contributed by atoms with Crippen LogP contribution >= 0.6 is 34.4 Å². The molecule has 0 aromatic carbocycles. The van der Waals surface area contributed by atoms with Crippen molar-refractivity contribution in [1.82, 2.24) is 0 Å². The smallest absolute Gasteiger partial charge is 0.341 e. The highest BCUT2D eigenvalue weighted by Gasteiger charge is 2.28. The maximum absolute atomic E-state index is 12.9. The molecule has 2 aromatic heterocycles. The molecule has 2 aromatic rings. The molecule has 2 aliphatic rings. The van der Waals surface area contributed by atoms with Crippen LogP contribution in [0.25, 0.3) is 0 Å². The zero-order valence-electron chi connectivity index (χ0n) is 25.4. The Morgan fingerprint density at radius 1 is 0.651 bits per heavy atom. The standard InChI is InChI=1S/C32H44N2O6S3/c1-3-17-39-31(37)27-21-11-7-5-9-13-23(21)42-29(27)33-25(35)15-19-41-20-16-26(36)34-30-28(32(38)40-18-4-2)22-12-8-6-10-14-24(22)43-30/h3-20H2,1-2H3,(H,33,35)(H,34,36). The van der Waals surface area contributed by atoms with Gasteiger partial charge in [-0.3, -0.25) is 9.59 Å². The van der Waals surface area contributed by atoms with Gasteiger partial charge in [-0.15, -0.1) is 22.7 Å². The van der Waals surface area contributed by atoms with Gasteiger partial charge in [0.2, 0.25) is 11.8 Å². The van der Waals surface area contributed by atoms with Gasteiger partial charge < -0.3 is 20.1 Å². The van der Waals surface area contributed by atoms with Crippen LogP contribution in [0.1, 0.15) is 120 Å². The largest absolute Gasteiger partial charge is 0.462 e. The number of fused-ring (bicyclic) bond motifs is 2. The number of thiophene rings is 2. The predicted molar refractivity (Wildman–Crippen MR) is 176 cm³/mol. The number of esters is 2. The molecule has 0 fully saturated rings. The summed E-state index contributed by atoms with van der Waals surface area (Å²) in [6.45, 7) is 4.65. The number of hydrogen-bond acceptors (Lipinski definition) is 9. The number of anilines is 2. The third-order valence-electron chi connectivity index (χ3n) is 7.58. The molecule has 0 spiro atoms. The molecule has 0 unspecified atom stereocenters. The minimum Gasteiger partial charge on any atom is -0.462 e. The van der Waals surface area contributed by atoms with Crippen LogP contribution < -0.4 is 10.6 Å². The first kappa shape index (κ1) is 33.5. The summed E-state index contributed by atoms with van der Waals surface area (Å²) in [6.07, 6.45) is 12.1. The van der Waals surface area contributed by atoms with E-state index in [1.807, 2.05) is 13.8 Å². The molecular weight excluding hydrogens is 605 g/mol. The topological polar surface area (TPSA) is 111 Å². The van der Waals surface area contributed by atoms with Crippen LogP contribution in [-0.4, -0.2) is 48.5 Å². The van der Waals surface area contributed by atoms with Gasteiger partial charge in [-0.05, 0) is 75.3 Å². The maximum atomic E-state index is 12.9. The molecule has 2 amide bonds. The highest BCUT2D eigenvalue weighted by atomic mass is 32.2. The Bertz CT molecular complexity index is 1190. The van der Waals surface area contributed by atoms with E-state index in [1.54, 1.807) is 0 Å². The average molecular weight is 649 g/mol. The summed E-state index contributed by atoms with van der Waals surface area (Å²) in [4.78, 5) is 53.8. The molecule has 2 aliphatic carbocycles. The average Bonchev–Trinajstić information content (AvgIpc) is 3.27. The molecule has 11 heteroatoms. The molecule has 4 rings (SSSR count). The lowest BCUT2D eigenvalue weighted by molar-refractivity contribution is -0.116. The fraction of sp³-hybridized carbons (Fsp3) is 0.625. The Labute approximate surface area is 267 Å². The van der Waals surface area contributed by atoms with Crippen molar-refractivity contribution in [2.75, 3.05) is 35.4 Å². The highest BCUT2D eigenvalue weighted by molar-refractivity contribution is 7.99. The van der Waals surface area contributed by atoms with Gasteiger partial charge in [0, 0.05) is 34.1 Å². The Kier molecular flexibility index (Phi) is 13.4. The zero-order chi connectivity index (χ0) is 30.6. The van der Waals surface area contributed by atoms with E-state index in [9.17, 15) is 19.2 Å². The minimum absolute atomic E-state index is 0.145. The monoisotopic (exact) mass is 648 g/mol.